The van der Waals surface area contributed by atoms with E-state index in [-0.39, 0.29) is 0 Å². The molecule has 0 aliphatic carbocycles. The molecular formula is C22H26N4O2. The molecule has 0 bridgehead atoms. The minimum atomic E-state index is 0.402. The van der Waals surface area contributed by atoms with Crippen molar-refractivity contribution in [3.05, 3.63) is 71.8 Å². The average Bonchev–Trinajstić information content (AvgIpc) is 3.20. The number of benzene rings is 2. The summed E-state index contributed by atoms with van der Waals surface area (Å²) >= 11 is 0. The third-order valence-electron chi connectivity index (χ3n) is 4.95. The van der Waals surface area contributed by atoms with E-state index in [2.05, 4.69) is 39.7 Å². The molecule has 0 radical (unpaired) electrons. The lowest BCUT2D eigenvalue weighted by Crippen LogP contribution is -2.37. The predicted molar refractivity (Wildman–Crippen MR) is 107 cm³/mol. The molecule has 1 aliphatic rings. The molecule has 1 N–H and O–H groups in total. The fourth-order valence-electron chi connectivity index (χ4n) is 3.45. The van der Waals surface area contributed by atoms with Crippen molar-refractivity contribution in [2.45, 2.75) is 45.5 Å². The van der Waals surface area contributed by atoms with Crippen LogP contribution in [0.4, 0.5) is 0 Å². The van der Waals surface area contributed by atoms with Crippen molar-refractivity contribution in [2.75, 3.05) is 6.61 Å². The molecule has 146 valence electrons. The smallest absolute Gasteiger partial charge is 0.161 e. The highest BCUT2D eigenvalue weighted by atomic mass is 16.5. The van der Waals surface area contributed by atoms with E-state index >= 15 is 0 Å². The van der Waals surface area contributed by atoms with E-state index in [4.69, 9.17) is 9.47 Å². The summed E-state index contributed by atoms with van der Waals surface area (Å²) in [4.78, 5) is 4.28. The lowest BCUT2D eigenvalue weighted by molar-refractivity contribution is 0.269. The molecule has 28 heavy (non-hydrogen) atoms. The van der Waals surface area contributed by atoms with Gasteiger partial charge in [-0.05, 0) is 36.6 Å². The summed E-state index contributed by atoms with van der Waals surface area (Å²) in [5, 5.41) is 7.92. The Hall–Kier alpha value is -2.86. The first-order valence-corrected chi connectivity index (χ1v) is 9.84. The molecule has 1 aromatic heterocycles. The van der Waals surface area contributed by atoms with Crippen LogP contribution >= 0.6 is 0 Å². The Kier molecular flexibility index (Phi) is 5.87. The Bertz CT molecular complexity index is 895. The molecule has 2 heterocycles. The van der Waals surface area contributed by atoms with Crippen LogP contribution in [-0.4, -0.2) is 27.4 Å². The molecular weight excluding hydrogens is 352 g/mol. The Labute approximate surface area is 165 Å². The van der Waals surface area contributed by atoms with Gasteiger partial charge in [0.25, 0.3) is 0 Å². The van der Waals surface area contributed by atoms with Gasteiger partial charge in [0.05, 0.1) is 13.2 Å². The highest BCUT2D eigenvalue weighted by Gasteiger charge is 2.19. The van der Waals surface area contributed by atoms with Crippen LogP contribution in [0.5, 0.6) is 11.5 Å². The second kappa shape index (κ2) is 8.89. The minimum Gasteiger partial charge on any atom is -0.490 e. The number of hydrogen-bond acceptors (Lipinski definition) is 5. The van der Waals surface area contributed by atoms with Crippen molar-refractivity contribution in [1.82, 2.24) is 20.1 Å². The van der Waals surface area contributed by atoms with Crippen molar-refractivity contribution < 1.29 is 9.47 Å². The number of nitrogens with zero attached hydrogens (tertiary/aromatic N) is 3. The van der Waals surface area contributed by atoms with Crippen molar-refractivity contribution in [3.8, 4) is 11.5 Å². The monoisotopic (exact) mass is 378 g/mol. The van der Waals surface area contributed by atoms with Gasteiger partial charge in [0.2, 0.25) is 0 Å². The number of fused-ring (bicyclic) bond motifs is 1. The maximum Gasteiger partial charge on any atom is 0.161 e. The van der Waals surface area contributed by atoms with E-state index in [1.807, 2.05) is 35.9 Å². The topological polar surface area (TPSA) is 61.2 Å². The summed E-state index contributed by atoms with van der Waals surface area (Å²) in [6.45, 7) is 4.78. The van der Waals surface area contributed by atoms with Gasteiger partial charge >= 0.3 is 0 Å². The molecule has 0 fully saturated rings. The minimum absolute atomic E-state index is 0.402. The molecule has 1 atom stereocenters. The van der Waals surface area contributed by atoms with Crippen molar-refractivity contribution in [1.29, 1.82) is 0 Å². The zero-order valence-corrected chi connectivity index (χ0v) is 16.2. The molecule has 0 saturated carbocycles. The second-order valence-corrected chi connectivity index (χ2v) is 6.96. The molecule has 2 aromatic carbocycles. The van der Waals surface area contributed by atoms with Gasteiger partial charge in [-0.1, -0.05) is 36.4 Å². The number of nitrogens with one attached hydrogen (secondary N) is 1. The Morgan fingerprint density at radius 1 is 1.07 bits per heavy atom. The van der Waals surface area contributed by atoms with Gasteiger partial charge < -0.3 is 14.8 Å². The molecule has 6 heteroatoms. The van der Waals surface area contributed by atoms with Gasteiger partial charge in [-0.2, -0.15) is 5.10 Å². The quantitative estimate of drug-likeness (QED) is 0.651. The molecule has 1 unspecified atom stereocenters. The number of rotatable bonds is 8. The van der Waals surface area contributed by atoms with Gasteiger partial charge in [-0.3, -0.25) is 0 Å². The summed E-state index contributed by atoms with van der Waals surface area (Å²) in [7, 11) is 0. The summed E-state index contributed by atoms with van der Waals surface area (Å²) in [5.41, 5.74) is 2.32. The predicted octanol–water partition coefficient (Wildman–Crippen LogP) is 3.36. The van der Waals surface area contributed by atoms with Gasteiger partial charge in [-0.25, -0.2) is 9.67 Å². The first-order chi connectivity index (χ1) is 13.8. The summed E-state index contributed by atoms with van der Waals surface area (Å²) in [6, 6.07) is 16.7. The van der Waals surface area contributed by atoms with Crippen molar-refractivity contribution in [3.63, 3.8) is 0 Å². The van der Waals surface area contributed by atoms with Gasteiger partial charge in [-0.15, -0.1) is 0 Å². The maximum atomic E-state index is 5.99. The Balaban J connectivity index is 1.37. The van der Waals surface area contributed by atoms with Crippen molar-refractivity contribution >= 4 is 0 Å². The molecule has 1 aliphatic heterocycles. The largest absolute Gasteiger partial charge is 0.490 e. The fraction of sp³-hybridized carbons (Fsp3) is 0.364. The highest BCUT2D eigenvalue weighted by Crippen LogP contribution is 2.29. The van der Waals surface area contributed by atoms with E-state index < -0.39 is 0 Å². The van der Waals surface area contributed by atoms with Crippen LogP contribution in [0.3, 0.4) is 0 Å². The van der Waals surface area contributed by atoms with Crippen LogP contribution in [0.15, 0.2) is 54.9 Å². The first-order valence-electron chi connectivity index (χ1n) is 9.84. The third-order valence-corrected chi connectivity index (χ3v) is 4.95. The van der Waals surface area contributed by atoms with E-state index in [1.165, 1.54) is 5.56 Å². The molecule has 0 saturated heterocycles. The summed E-state index contributed by atoms with van der Waals surface area (Å²) in [5.74, 6) is 2.65. The zero-order valence-electron chi connectivity index (χ0n) is 16.2. The van der Waals surface area contributed by atoms with Crippen LogP contribution in [0.25, 0.3) is 0 Å². The number of aromatic nitrogens is 3. The van der Waals surface area contributed by atoms with Gasteiger partial charge in [0.15, 0.2) is 11.5 Å². The average molecular weight is 378 g/mol. The lowest BCUT2D eigenvalue weighted by Gasteiger charge is -2.24. The molecule has 0 amide bonds. The first kappa shape index (κ1) is 18.5. The van der Waals surface area contributed by atoms with Crippen LogP contribution in [0.2, 0.25) is 0 Å². The fourth-order valence-corrected chi connectivity index (χ4v) is 3.45. The normalized spacial score (nSPS) is 15.8. The Morgan fingerprint density at radius 3 is 2.82 bits per heavy atom. The molecule has 3 aromatic rings. The highest BCUT2D eigenvalue weighted by molar-refractivity contribution is 5.43. The standard InChI is InChI=1S/C22H26N4O2/c1-2-27-21-12-18(8-10-20(21)28-15-17-6-4-3-5-7-17)13-23-19-9-11-22-24-16-25-26(22)14-19/h3-8,10,12,16,19,23H,2,9,11,13-15H2,1H3. The molecule has 0 spiro atoms. The second-order valence-electron chi connectivity index (χ2n) is 6.96. The number of hydrogen-bond donors (Lipinski definition) is 1. The van der Waals surface area contributed by atoms with E-state index in [9.17, 15) is 0 Å². The van der Waals surface area contributed by atoms with E-state index in [0.29, 0.717) is 19.3 Å². The van der Waals surface area contributed by atoms with E-state index in [0.717, 1.165) is 48.8 Å². The number of ether oxygens (including phenoxy) is 2. The lowest BCUT2D eigenvalue weighted by atomic mass is 10.1. The summed E-state index contributed by atoms with van der Waals surface area (Å²) in [6.07, 6.45) is 3.68. The van der Waals surface area contributed by atoms with Crippen LogP contribution in [0.1, 0.15) is 30.3 Å². The van der Waals surface area contributed by atoms with Crippen LogP contribution < -0.4 is 14.8 Å². The molecule has 4 rings (SSSR count). The van der Waals surface area contributed by atoms with Gasteiger partial charge in [0.1, 0.15) is 18.8 Å². The SMILES string of the molecule is CCOc1cc(CNC2CCc3ncnn3C2)ccc1OCc1ccccc1. The number of aryl methyl sites for hydroxylation is 1. The third kappa shape index (κ3) is 4.51. The van der Waals surface area contributed by atoms with Crippen LogP contribution in [-0.2, 0) is 26.1 Å². The van der Waals surface area contributed by atoms with E-state index in [1.54, 1.807) is 6.33 Å². The summed E-state index contributed by atoms with van der Waals surface area (Å²) < 4.78 is 13.8. The molecule has 6 nitrogen and oxygen atoms in total. The van der Waals surface area contributed by atoms with Crippen LogP contribution in [0, 0.1) is 0 Å². The maximum absolute atomic E-state index is 5.99. The Morgan fingerprint density at radius 2 is 1.96 bits per heavy atom. The van der Waals surface area contributed by atoms with Gasteiger partial charge in [0, 0.05) is 19.0 Å². The zero-order chi connectivity index (χ0) is 19.2. The van der Waals surface area contributed by atoms with Crippen molar-refractivity contribution in [2.24, 2.45) is 0 Å².